The third kappa shape index (κ3) is 4.19. The second-order valence-corrected chi connectivity index (χ2v) is 7.10. The molecule has 2 heterocycles. The molecule has 0 aliphatic carbocycles. The molecule has 7 nitrogen and oxygen atoms in total. The molecule has 0 saturated heterocycles. The van der Waals surface area contributed by atoms with E-state index in [1.807, 2.05) is 29.3 Å². The average Bonchev–Trinajstić information content (AvgIpc) is 3.19. The minimum atomic E-state index is -0.293. The summed E-state index contributed by atoms with van der Waals surface area (Å²) >= 11 is 2.81. The van der Waals surface area contributed by atoms with Crippen LogP contribution in [0.3, 0.4) is 0 Å². The maximum atomic E-state index is 12.5. The lowest BCUT2D eigenvalue weighted by molar-refractivity contribution is 0.102. The van der Waals surface area contributed by atoms with Gasteiger partial charge in [-0.3, -0.25) is 10.1 Å². The Kier molecular flexibility index (Phi) is 5.37. The first-order valence-corrected chi connectivity index (χ1v) is 9.06. The number of amides is 1. The predicted molar refractivity (Wildman–Crippen MR) is 99.0 cm³/mol. The van der Waals surface area contributed by atoms with Crippen molar-refractivity contribution >= 4 is 39.8 Å². The molecule has 1 amide bonds. The highest BCUT2D eigenvalue weighted by Crippen LogP contribution is 2.29. The Morgan fingerprint density at radius 3 is 3.04 bits per heavy atom. The molecule has 1 aromatic carbocycles. The summed E-state index contributed by atoms with van der Waals surface area (Å²) in [7, 11) is 3.52. The lowest BCUT2D eigenvalue weighted by Crippen LogP contribution is -2.14. The van der Waals surface area contributed by atoms with Gasteiger partial charge >= 0.3 is 0 Å². The molecule has 0 bridgehead atoms. The second kappa shape index (κ2) is 7.68. The summed E-state index contributed by atoms with van der Waals surface area (Å²) in [5.74, 6) is -0.293. The van der Waals surface area contributed by atoms with E-state index in [2.05, 4.69) is 15.3 Å². The number of aryl methyl sites for hydroxylation is 1. The zero-order valence-corrected chi connectivity index (χ0v) is 15.4. The number of nitrogens with one attached hydrogen (secondary N) is 1. The van der Waals surface area contributed by atoms with Crippen molar-refractivity contribution in [1.82, 2.24) is 14.5 Å². The van der Waals surface area contributed by atoms with Crippen LogP contribution in [0.4, 0.5) is 10.8 Å². The number of anilines is 2. The highest BCUT2D eigenvalue weighted by molar-refractivity contribution is 7.99. The Balaban J connectivity index is 1.77. The molecule has 0 aliphatic heterocycles. The van der Waals surface area contributed by atoms with Crippen LogP contribution in [0.5, 0.6) is 0 Å². The van der Waals surface area contributed by atoms with E-state index in [1.165, 1.54) is 23.1 Å². The number of imidazole rings is 1. The van der Waals surface area contributed by atoms with Gasteiger partial charge in [0, 0.05) is 42.5 Å². The molecule has 0 saturated carbocycles. The SMILES string of the molecule is COCc1csc(NC(=O)c2cc(Sc3nccn3C)ccc2N)n1. The van der Waals surface area contributed by atoms with Crippen molar-refractivity contribution in [2.24, 2.45) is 7.05 Å². The number of carbonyl (C=O) groups is 1. The summed E-state index contributed by atoms with van der Waals surface area (Å²) in [4.78, 5) is 22.0. The average molecular weight is 375 g/mol. The molecule has 25 heavy (non-hydrogen) atoms. The summed E-state index contributed by atoms with van der Waals surface area (Å²) in [6, 6.07) is 5.34. The maximum Gasteiger partial charge on any atom is 0.259 e. The minimum Gasteiger partial charge on any atom is -0.398 e. The van der Waals surface area contributed by atoms with Gasteiger partial charge in [0.05, 0.1) is 17.9 Å². The molecule has 2 aromatic heterocycles. The molecule has 0 atom stereocenters. The first-order chi connectivity index (χ1) is 12.1. The summed E-state index contributed by atoms with van der Waals surface area (Å²) < 4.78 is 6.94. The lowest BCUT2D eigenvalue weighted by Gasteiger charge is -2.08. The van der Waals surface area contributed by atoms with Crippen molar-refractivity contribution in [3.05, 3.63) is 47.2 Å². The van der Waals surface area contributed by atoms with Crippen molar-refractivity contribution in [3.63, 3.8) is 0 Å². The Morgan fingerprint density at radius 2 is 2.32 bits per heavy atom. The summed E-state index contributed by atoms with van der Waals surface area (Å²) in [5, 5.41) is 5.97. The first kappa shape index (κ1) is 17.5. The number of ether oxygens (including phenoxy) is 1. The number of methoxy groups -OCH3 is 1. The maximum absolute atomic E-state index is 12.5. The number of nitrogens with zero attached hydrogens (tertiary/aromatic N) is 3. The minimum absolute atomic E-state index is 0.293. The van der Waals surface area contributed by atoms with Gasteiger partial charge in [0.1, 0.15) is 0 Å². The number of aromatic nitrogens is 3. The highest BCUT2D eigenvalue weighted by atomic mass is 32.2. The van der Waals surface area contributed by atoms with Crippen molar-refractivity contribution in [2.45, 2.75) is 16.7 Å². The summed E-state index contributed by atoms with van der Waals surface area (Å²) in [6.45, 7) is 0.407. The molecular weight excluding hydrogens is 358 g/mol. The number of nitrogen functional groups attached to an aromatic ring is 1. The molecule has 3 aromatic rings. The Bertz CT molecular complexity index is 890. The Hall–Kier alpha value is -2.36. The van der Waals surface area contributed by atoms with Gasteiger partial charge in [-0.05, 0) is 18.2 Å². The fourth-order valence-electron chi connectivity index (χ4n) is 2.09. The van der Waals surface area contributed by atoms with Crippen LogP contribution >= 0.6 is 23.1 Å². The molecule has 0 radical (unpaired) electrons. The third-order valence-electron chi connectivity index (χ3n) is 3.32. The molecule has 9 heteroatoms. The van der Waals surface area contributed by atoms with E-state index in [0.29, 0.717) is 23.0 Å². The quantitative estimate of drug-likeness (QED) is 0.643. The first-order valence-electron chi connectivity index (χ1n) is 7.36. The van der Waals surface area contributed by atoms with Crippen molar-refractivity contribution < 1.29 is 9.53 Å². The van der Waals surface area contributed by atoms with Gasteiger partial charge in [-0.1, -0.05) is 11.8 Å². The normalized spacial score (nSPS) is 10.8. The number of hydrogen-bond acceptors (Lipinski definition) is 7. The molecular formula is C16H17N5O2S2. The van der Waals surface area contributed by atoms with Gasteiger partial charge in [0.2, 0.25) is 0 Å². The fourth-order valence-corrected chi connectivity index (χ4v) is 3.63. The molecule has 0 unspecified atom stereocenters. The van der Waals surface area contributed by atoms with Gasteiger partial charge in [0.25, 0.3) is 5.91 Å². The van der Waals surface area contributed by atoms with E-state index in [-0.39, 0.29) is 5.91 Å². The largest absolute Gasteiger partial charge is 0.398 e. The van der Waals surface area contributed by atoms with Gasteiger partial charge in [-0.15, -0.1) is 11.3 Å². The third-order valence-corrected chi connectivity index (χ3v) is 5.19. The number of carbonyl (C=O) groups excluding carboxylic acids is 1. The van der Waals surface area contributed by atoms with Crippen LogP contribution in [-0.4, -0.2) is 27.6 Å². The predicted octanol–water partition coefficient (Wildman–Crippen LogP) is 3.01. The highest BCUT2D eigenvalue weighted by Gasteiger charge is 2.14. The monoisotopic (exact) mass is 375 g/mol. The molecule has 3 N–H and O–H groups in total. The Labute approximate surface area is 153 Å². The number of benzene rings is 1. The topological polar surface area (TPSA) is 95.1 Å². The van der Waals surface area contributed by atoms with Crippen LogP contribution in [0.25, 0.3) is 0 Å². The van der Waals surface area contributed by atoms with Crippen molar-refractivity contribution in [2.75, 3.05) is 18.2 Å². The smallest absolute Gasteiger partial charge is 0.259 e. The molecule has 0 spiro atoms. The van der Waals surface area contributed by atoms with Crippen molar-refractivity contribution in [3.8, 4) is 0 Å². The van der Waals surface area contributed by atoms with Crippen LogP contribution in [0, 0.1) is 0 Å². The van der Waals surface area contributed by atoms with E-state index >= 15 is 0 Å². The Morgan fingerprint density at radius 1 is 1.48 bits per heavy atom. The number of nitrogens with two attached hydrogens (primary N) is 1. The molecule has 0 aliphatic rings. The van der Waals surface area contributed by atoms with E-state index in [4.69, 9.17) is 10.5 Å². The van der Waals surface area contributed by atoms with Crippen LogP contribution in [0.1, 0.15) is 16.1 Å². The van der Waals surface area contributed by atoms with Crippen LogP contribution < -0.4 is 11.1 Å². The van der Waals surface area contributed by atoms with Crippen LogP contribution in [-0.2, 0) is 18.4 Å². The van der Waals surface area contributed by atoms with Gasteiger partial charge in [0.15, 0.2) is 10.3 Å². The second-order valence-electron chi connectivity index (χ2n) is 5.20. The van der Waals surface area contributed by atoms with Crippen LogP contribution in [0.2, 0.25) is 0 Å². The number of hydrogen-bond donors (Lipinski definition) is 2. The molecule has 130 valence electrons. The van der Waals surface area contributed by atoms with Gasteiger partial charge in [-0.25, -0.2) is 9.97 Å². The van der Waals surface area contributed by atoms with Gasteiger partial charge in [-0.2, -0.15) is 0 Å². The standard InChI is InChI=1S/C16H17N5O2S2/c1-21-6-5-18-16(21)25-11-3-4-13(17)12(7-11)14(22)20-15-19-10(8-23-2)9-24-15/h3-7,9H,8,17H2,1-2H3,(H,19,20,22). The number of rotatable bonds is 6. The lowest BCUT2D eigenvalue weighted by atomic mass is 10.1. The summed E-state index contributed by atoms with van der Waals surface area (Å²) in [5.41, 5.74) is 7.56. The zero-order valence-electron chi connectivity index (χ0n) is 13.7. The molecule has 0 fully saturated rings. The van der Waals surface area contributed by atoms with E-state index in [1.54, 1.807) is 25.4 Å². The van der Waals surface area contributed by atoms with E-state index in [0.717, 1.165) is 15.7 Å². The molecule has 3 rings (SSSR count). The van der Waals surface area contributed by atoms with Crippen molar-refractivity contribution in [1.29, 1.82) is 0 Å². The van der Waals surface area contributed by atoms with E-state index < -0.39 is 0 Å². The number of thiazole rings is 1. The fraction of sp³-hybridized carbons (Fsp3) is 0.188. The van der Waals surface area contributed by atoms with E-state index in [9.17, 15) is 4.79 Å². The zero-order chi connectivity index (χ0) is 17.8. The summed E-state index contributed by atoms with van der Waals surface area (Å²) in [6.07, 6.45) is 3.60. The van der Waals surface area contributed by atoms with Crippen LogP contribution in [0.15, 0.2) is 46.0 Å². The van der Waals surface area contributed by atoms with Gasteiger partial charge < -0.3 is 15.0 Å².